The first kappa shape index (κ1) is 16.6. The predicted octanol–water partition coefficient (Wildman–Crippen LogP) is 3.62. The van der Waals surface area contributed by atoms with E-state index in [4.69, 9.17) is 9.26 Å². The number of aromatic hydroxyl groups is 1. The van der Waals surface area contributed by atoms with E-state index < -0.39 is 0 Å². The molecule has 2 heterocycles. The van der Waals surface area contributed by atoms with Crippen molar-refractivity contribution < 1.29 is 14.4 Å². The van der Waals surface area contributed by atoms with Crippen molar-refractivity contribution in [1.82, 2.24) is 15.0 Å². The van der Waals surface area contributed by atoms with Gasteiger partial charge in [0.05, 0.1) is 13.7 Å². The third-order valence-corrected chi connectivity index (χ3v) is 4.59. The van der Waals surface area contributed by atoms with Crippen molar-refractivity contribution in [2.24, 2.45) is 0 Å². The Bertz CT molecular complexity index is 875. The number of hydrogen-bond donors (Lipinski definition) is 1. The minimum Gasteiger partial charge on any atom is -0.504 e. The van der Waals surface area contributed by atoms with Crippen LogP contribution < -0.4 is 4.74 Å². The summed E-state index contributed by atoms with van der Waals surface area (Å²) in [5.74, 6) is 1.50. The number of methoxy groups -OCH3 is 1. The normalized spacial score (nSPS) is 13.9. The molecule has 1 N–H and O–H groups in total. The molecule has 0 unspecified atom stereocenters. The lowest BCUT2D eigenvalue weighted by molar-refractivity contribution is 0.214. The fourth-order valence-electron chi connectivity index (χ4n) is 3.06. The van der Waals surface area contributed by atoms with Crippen LogP contribution in [-0.4, -0.2) is 33.3 Å². The van der Waals surface area contributed by atoms with E-state index in [9.17, 15) is 5.11 Å². The summed E-state index contributed by atoms with van der Waals surface area (Å²) < 4.78 is 10.8. The summed E-state index contributed by atoms with van der Waals surface area (Å²) in [5.41, 5.74) is 2.92. The molecular weight excluding hydrogens is 330 g/mol. The lowest BCUT2D eigenvalue weighted by Gasteiger charge is -2.21. The Kier molecular flexibility index (Phi) is 4.58. The highest BCUT2D eigenvalue weighted by Crippen LogP contribution is 2.32. The molecule has 0 aliphatic heterocycles. The lowest BCUT2D eigenvalue weighted by atomic mass is 10.1. The molecule has 1 aliphatic rings. The minimum atomic E-state index is 0.159. The quantitative estimate of drug-likeness (QED) is 0.701. The SMILES string of the molecule is COc1cc(CN(Cc2cc(-c3ccncc3)no2)C2CC2)ccc1O. The molecule has 3 aromatic rings. The first-order valence-corrected chi connectivity index (χ1v) is 8.69. The number of aromatic nitrogens is 2. The van der Waals surface area contributed by atoms with E-state index in [0.717, 1.165) is 29.1 Å². The van der Waals surface area contributed by atoms with Gasteiger partial charge < -0.3 is 14.4 Å². The average Bonchev–Trinajstić information content (AvgIpc) is 3.42. The maximum absolute atomic E-state index is 9.77. The molecule has 0 spiro atoms. The minimum absolute atomic E-state index is 0.159. The summed E-state index contributed by atoms with van der Waals surface area (Å²) in [6.45, 7) is 1.47. The molecule has 0 atom stereocenters. The van der Waals surface area contributed by atoms with E-state index in [1.54, 1.807) is 25.6 Å². The van der Waals surface area contributed by atoms with Crippen molar-refractivity contribution >= 4 is 0 Å². The number of hydrogen-bond acceptors (Lipinski definition) is 6. The van der Waals surface area contributed by atoms with Crippen molar-refractivity contribution in [3.05, 3.63) is 60.1 Å². The Morgan fingerprint density at radius 2 is 1.96 bits per heavy atom. The fourth-order valence-corrected chi connectivity index (χ4v) is 3.06. The summed E-state index contributed by atoms with van der Waals surface area (Å²) in [6, 6.07) is 11.9. The highest BCUT2D eigenvalue weighted by molar-refractivity contribution is 5.57. The van der Waals surface area contributed by atoms with Gasteiger partial charge in [0.2, 0.25) is 0 Å². The van der Waals surface area contributed by atoms with E-state index in [1.165, 1.54) is 12.8 Å². The van der Waals surface area contributed by atoms with Crippen LogP contribution in [0.3, 0.4) is 0 Å². The number of pyridine rings is 1. The van der Waals surface area contributed by atoms with Crippen molar-refractivity contribution in [3.8, 4) is 22.8 Å². The third kappa shape index (κ3) is 3.70. The second-order valence-corrected chi connectivity index (χ2v) is 6.56. The molecule has 2 aromatic heterocycles. The number of nitrogens with zero attached hydrogens (tertiary/aromatic N) is 3. The van der Waals surface area contributed by atoms with Gasteiger partial charge in [-0.1, -0.05) is 11.2 Å². The van der Waals surface area contributed by atoms with Crippen molar-refractivity contribution in [1.29, 1.82) is 0 Å². The monoisotopic (exact) mass is 351 g/mol. The van der Waals surface area contributed by atoms with Crippen LogP contribution in [0, 0.1) is 0 Å². The van der Waals surface area contributed by atoms with Gasteiger partial charge >= 0.3 is 0 Å². The largest absolute Gasteiger partial charge is 0.504 e. The Morgan fingerprint density at radius 1 is 1.15 bits per heavy atom. The molecule has 0 amide bonds. The van der Waals surface area contributed by atoms with Crippen LogP contribution in [0.1, 0.15) is 24.2 Å². The second kappa shape index (κ2) is 7.17. The maximum Gasteiger partial charge on any atom is 0.160 e. The average molecular weight is 351 g/mol. The Balaban J connectivity index is 1.49. The Morgan fingerprint density at radius 3 is 2.69 bits per heavy atom. The fraction of sp³-hybridized carbons (Fsp3) is 0.300. The smallest absolute Gasteiger partial charge is 0.160 e. The molecule has 6 heteroatoms. The topological polar surface area (TPSA) is 71.6 Å². The number of phenolic OH excluding ortho intramolecular Hbond substituents is 1. The first-order valence-electron chi connectivity index (χ1n) is 8.69. The molecule has 0 bridgehead atoms. The number of phenols is 1. The van der Waals surface area contributed by atoms with Gasteiger partial charge in [0.15, 0.2) is 17.3 Å². The summed E-state index contributed by atoms with van der Waals surface area (Å²) in [4.78, 5) is 6.41. The van der Waals surface area contributed by atoms with E-state index in [-0.39, 0.29) is 5.75 Å². The van der Waals surface area contributed by atoms with Gasteiger partial charge in [-0.2, -0.15) is 0 Å². The van der Waals surface area contributed by atoms with Crippen LogP contribution >= 0.6 is 0 Å². The number of ether oxygens (including phenoxy) is 1. The summed E-state index contributed by atoms with van der Waals surface area (Å²) in [5, 5.41) is 14.0. The van der Waals surface area contributed by atoms with Gasteiger partial charge in [-0.05, 0) is 42.7 Å². The number of rotatable bonds is 7. The van der Waals surface area contributed by atoms with Crippen LogP contribution in [-0.2, 0) is 13.1 Å². The Labute approximate surface area is 152 Å². The molecule has 26 heavy (non-hydrogen) atoms. The molecule has 1 saturated carbocycles. The van der Waals surface area contributed by atoms with Crippen LogP contribution in [0.4, 0.5) is 0 Å². The zero-order chi connectivity index (χ0) is 17.9. The van der Waals surface area contributed by atoms with Gasteiger partial charge in [-0.15, -0.1) is 0 Å². The van der Waals surface area contributed by atoms with Crippen LogP contribution in [0.5, 0.6) is 11.5 Å². The van der Waals surface area contributed by atoms with E-state index >= 15 is 0 Å². The zero-order valence-electron chi connectivity index (χ0n) is 14.6. The van der Waals surface area contributed by atoms with Gasteiger partial charge in [0.25, 0.3) is 0 Å². The third-order valence-electron chi connectivity index (χ3n) is 4.59. The summed E-state index contributed by atoms with van der Waals surface area (Å²) >= 11 is 0. The molecule has 1 aliphatic carbocycles. The van der Waals surface area contributed by atoms with E-state index in [1.807, 2.05) is 30.3 Å². The summed E-state index contributed by atoms with van der Waals surface area (Å²) in [6.07, 6.45) is 5.89. The zero-order valence-corrected chi connectivity index (χ0v) is 14.6. The molecule has 0 saturated heterocycles. The Hall–Kier alpha value is -2.86. The standard InChI is InChI=1S/C20H21N3O3/c1-25-20-10-14(2-5-19(20)24)12-23(16-3-4-16)13-17-11-18(22-26-17)15-6-8-21-9-7-15/h2,5-11,16,24H,3-4,12-13H2,1H3. The first-order chi connectivity index (χ1) is 12.7. The van der Waals surface area contributed by atoms with Crippen molar-refractivity contribution in [2.75, 3.05) is 7.11 Å². The lowest BCUT2D eigenvalue weighted by Crippen LogP contribution is -2.24. The van der Waals surface area contributed by atoms with Crippen LogP contribution in [0.15, 0.2) is 53.3 Å². The predicted molar refractivity (Wildman–Crippen MR) is 96.7 cm³/mol. The van der Waals surface area contributed by atoms with Crippen LogP contribution in [0.25, 0.3) is 11.3 Å². The second-order valence-electron chi connectivity index (χ2n) is 6.56. The molecule has 0 radical (unpaired) electrons. The van der Waals surface area contributed by atoms with E-state index in [0.29, 0.717) is 18.3 Å². The van der Waals surface area contributed by atoms with Crippen LogP contribution in [0.2, 0.25) is 0 Å². The number of benzene rings is 1. The van der Waals surface area contributed by atoms with Crippen molar-refractivity contribution in [2.45, 2.75) is 32.0 Å². The molecule has 134 valence electrons. The highest BCUT2D eigenvalue weighted by atomic mass is 16.5. The molecule has 1 fully saturated rings. The van der Waals surface area contributed by atoms with Gasteiger partial charge in [0, 0.05) is 36.6 Å². The molecular formula is C20H21N3O3. The van der Waals surface area contributed by atoms with Crippen molar-refractivity contribution in [3.63, 3.8) is 0 Å². The highest BCUT2D eigenvalue weighted by Gasteiger charge is 2.30. The molecule has 4 rings (SSSR count). The molecule has 1 aromatic carbocycles. The van der Waals surface area contributed by atoms with E-state index in [2.05, 4.69) is 15.0 Å². The molecule has 6 nitrogen and oxygen atoms in total. The summed E-state index contributed by atoms with van der Waals surface area (Å²) in [7, 11) is 1.56. The maximum atomic E-state index is 9.77. The van der Waals surface area contributed by atoms with Gasteiger partial charge in [-0.3, -0.25) is 9.88 Å². The van der Waals surface area contributed by atoms with Gasteiger partial charge in [0.1, 0.15) is 5.69 Å². The van der Waals surface area contributed by atoms with Gasteiger partial charge in [-0.25, -0.2) is 0 Å².